The Balaban J connectivity index is 2.43. The van der Waals surface area contributed by atoms with E-state index in [0.717, 1.165) is 15.7 Å². The largest absolute Gasteiger partial charge is 0.340 e. The maximum atomic E-state index is 6.23. The van der Waals surface area contributed by atoms with Gasteiger partial charge in [-0.15, -0.1) is 0 Å². The fraction of sp³-hybridized carbons (Fsp3) is 0.333. The van der Waals surface area contributed by atoms with Crippen LogP contribution in [0, 0.1) is 6.92 Å². The molecule has 1 aromatic heterocycles. The third kappa shape index (κ3) is 3.87. The van der Waals surface area contributed by atoms with Crippen molar-refractivity contribution < 1.29 is 0 Å². The SMILES string of the molecule is Cc1c(Cl)nc(C(C)(C)C)nc1Nc1ccc(Cl)c(Br)c1. The van der Waals surface area contributed by atoms with Crippen LogP contribution >= 0.6 is 39.1 Å². The minimum Gasteiger partial charge on any atom is -0.340 e. The van der Waals surface area contributed by atoms with Crippen molar-refractivity contribution >= 4 is 50.6 Å². The first kappa shape index (κ1) is 16.5. The van der Waals surface area contributed by atoms with Crippen molar-refractivity contribution in [3.05, 3.63) is 44.2 Å². The Morgan fingerprint density at radius 3 is 2.38 bits per heavy atom. The van der Waals surface area contributed by atoms with Gasteiger partial charge in [-0.3, -0.25) is 0 Å². The van der Waals surface area contributed by atoms with Crippen molar-refractivity contribution in [2.75, 3.05) is 5.32 Å². The van der Waals surface area contributed by atoms with Crippen LogP contribution in [0.1, 0.15) is 32.2 Å². The number of rotatable bonds is 2. The van der Waals surface area contributed by atoms with Crippen molar-refractivity contribution in [1.82, 2.24) is 9.97 Å². The lowest BCUT2D eigenvalue weighted by molar-refractivity contribution is 0.545. The molecule has 0 aliphatic carbocycles. The number of aromatic nitrogens is 2. The lowest BCUT2D eigenvalue weighted by atomic mass is 9.95. The maximum absolute atomic E-state index is 6.23. The van der Waals surface area contributed by atoms with Gasteiger partial charge in [0.05, 0.1) is 5.02 Å². The molecule has 0 saturated carbocycles. The van der Waals surface area contributed by atoms with Crippen LogP contribution in [0.3, 0.4) is 0 Å². The van der Waals surface area contributed by atoms with Gasteiger partial charge in [0.25, 0.3) is 0 Å². The third-order valence-electron chi connectivity index (χ3n) is 2.94. The molecule has 0 bridgehead atoms. The highest BCUT2D eigenvalue weighted by Gasteiger charge is 2.20. The minimum atomic E-state index is -0.172. The Hall–Kier alpha value is -0.840. The Bertz CT molecular complexity index is 681. The molecule has 0 saturated heterocycles. The molecule has 2 aromatic rings. The van der Waals surface area contributed by atoms with E-state index in [9.17, 15) is 0 Å². The number of hydrogen-bond acceptors (Lipinski definition) is 3. The van der Waals surface area contributed by atoms with Crippen molar-refractivity contribution in [3.8, 4) is 0 Å². The second kappa shape index (κ2) is 6.11. The van der Waals surface area contributed by atoms with E-state index >= 15 is 0 Å². The fourth-order valence-corrected chi connectivity index (χ4v) is 2.32. The van der Waals surface area contributed by atoms with Gasteiger partial charge in [0.2, 0.25) is 0 Å². The molecule has 0 aliphatic rings. The monoisotopic (exact) mass is 387 g/mol. The predicted molar refractivity (Wildman–Crippen MR) is 92.9 cm³/mol. The summed E-state index contributed by atoms with van der Waals surface area (Å²) in [5.41, 5.74) is 1.52. The summed E-state index contributed by atoms with van der Waals surface area (Å²) in [4.78, 5) is 8.96. The van der Waals surface area contributed by atoms with E-state index in [1.807, 2.05) is 25.1 Å². The zero-order valence-electron chi connectivity index (χ0n) is 12.3. The molecule has 0 amide bonds. The summed E-state index contributed by atoms with van der Waals surface area (Å²) in [5.74, 6) is 1.41. The molecular formula is C15H16BrCl2N3. The zero-order valence-corrected chi connectivity index (χ0v) is 15.4. The smallest absolute Gasteiger partial charge is 0.138 e. The van der Waals surface area contributed by atoms with E-state index in [1.165, 1.54) is 0 Å². The van der Waals surface area contributed by atoms with E-state index in [1.54, 1.807) is 0 Å². The average Bonchev–Trinajstić information content (AvgIpc) is 2.38. The van der Waals surface area contributed by atoms with Crippen molar-refractivity contribution in [2.24, 2.45) is 0 Å². The van der Waals surface area contributed by atoms with Crippen LogP contribution in [0.4, 0.5) is 11.5 Å². The topological polar surface area (TPSA) is 37.8 Å². The molecule has 2 rings (SSSR count). The molecule has 0 unspecified atom stereocenters. The number of benzene rings is 1. The Labute approximate surface area is 143 Å². The van der Waals surface area contributed by atoms with Gasteiger partial charge in [0.1, 0.15) is 16.8 Å². The highest BCUT2D eigenvalue weighted by molar-refractivity contribution is 9.10. The highest BCUT2D eigenvalue weighted by Crippen LogP contribution is 2.30. The second-order valence-electron chi connectivity index (χ2n) is 5.82. The molecule has 1 aromatic carbocycles. The van der Waals surface area contributed by atoms with Gasteiger partial charge in [-0.05, 0) is 41.1 Å². The van der Waals surface area contributed by atoms with Gasteiger partial charge < -0.3 is 5.32 Å². The summed E-state index contributed by atoms with van der Waals surface area (Å²) >= 11 is 15.6. The summed E-state index contributed by atoms with van der Waals surface area (Å²) in [6.45, 7) is 8.05. The minimum absolute atomic E-state index is 0.172. The quantitative estimate of drug-likeness (QED) is 0.651. The normalized spacial score (nSPS) is 11.6. The first-order chi connectivity index (χ1) is 9.68. The molecule has 112 valence electrons. The Kier molecular flexibility index (Phi) is 4.81. The summed E-state index contributed by atoms with van der Waals surface area (Å²) in [5, 5.41) is 4.39. The van der Waals surface area contributed by atoms with Crippen LogP contribution < -0.4 is 5.32 Å². The van der Waals surface area contributed by atoms with Gasteiger partial charge in [-0.2, -0.15) is 0 Å². The lowest BCUT2D eigenvalue weighted by Gasteiger charge is -2.19. The highest BCUT2D eigenvalue weighted by atomic mass is 79.9. The number of nitrogens with zero attached hydrogens (tertiary/aromatic N) is 2. The van der Waals surface area contributed by atoms with Crippen LogP contribution in [-0.2, 0) is 5.41 Å². The average molecular weight is 389 g/mol. The predicted octanol–water partition coefficient (Wildman–Crippen LogP) is 5.90. The maximum Gasteiger partial charge on any atom is 0.138 e. The summed E-state index contributed by atoms with van der Waals surface area (Å²) in [6, 6.07) is 5.60. The third-order valence-corrected chi connectivity index (χ3v) is 4.52. The van der Waals surface area contributed by atoms with Gasteiger partial charge in [0.15, 0.2) is 0 Å². The number of hydrogen-bond donors (Lipinski definition) is 1. The van der Waals surface area contributed by atoms with Crippen LogP contribution in [0.2, 0.25) is 10.2 Å². The Morgan fingerprint density at radius 2 is 1.81 bits per heavy atom. The van der Waals surface area contributed by atoms with Gasteiger partial charge >= 0.3 is 0 Å². The van der Waals surface area contributed by atoms with Gasteiger partial charge in [-0.25, -0.2) is 9.97 Å². The molecule has 0 aliphatic heterocycles. The summed E-state index contributed by atoms with van der Waals surface area (Å²) < 4.78 is 0.822. The summed E-state index contributed by atoms with van der Waals surface area (Å²) in [7, 11) is 0. The molecule has 3 nitrogen and oxygen atoms in total. The molecule has 1 heterocycles. The van der Waals surface area contributed by atoms with Crippen LogP contribution in [0.15, 0.2) is 22.7 Å². The van der Waals surface area contributed by atoms with Crippen molar-refractivity contribution in [2.45, 2.75) is 33.1 Å². The zero-order chi connectivity index (χ0) is 15.8. The van der Waals surface area contributed by atoms with Crippen molar-refractivity contribution in [3.63, 3.8) is 0 Å². The molecule has 0 atom stereocenters. The van der Waals surface area contributed by atoms with E-state index in [-0.39, 0.29) is 5.41 Å². The van der Waals surface area contributed by atoms with E-state index < -0.39 is 0 Å². The molecule has 21 heavy (non-hydrogen) atoms. The Morgan fingerprint density at radius 1 is 1.14 bits per heavy atom. The number of halogens is 3. The molecule has 0 fully saturated rings. The molecule has 0 spiro atoms. The van der Waals surface area contributed by atoms with E-state index in [4.69, 9.17) is 23.2 Å². The number of anilines is 2. The van der Waals surface area contributed by atoms with Gasteiger partial charge in [0, 0.05) is 21.1 Å². The van der Waals surface area contributed by atoms with E-state index in [2.05, 4.69) is 52.0 Å². The number of nitrogens with one attached hydrogen (secondary N) is 1. The summed E-state index contributed by atoms with van der Waals surface area (Å²) in [6.07, 6.45) is 0. The molecule has 1 N–H and O–H groups in total. The lowest BCUT2D eigenvalue weighted by Crippen LogP contribution is -2.17. The first-order valence-electron chi connectivity index (χ1n) is 6.45. The van der Waals surface area contributed by atoms with Crippen LogP contribution in [0.5, 0.6) is 0 Å². The fourth-order valence-electron chi connectivity index (χ4n) is 1.66. The second-order valence-corrected chi connectivity index (χ2v) is 7.44. The molecule has 0 radical (unpaired) electrons. The van der Waals surface area contributed by atoms with Gasteiger partial charge in [-0.1, -0.05) is 44.0 Å². The first-order valence-corrected chi connectivity index (χ1v) is 8.00. The molecule has 6 heteroatoms. The standard InChI is InChI=1S/C15H16BrCl2N3/c1-8-12(18)20-14(15(2,3)4)21-13(8)19-9-5-6-11(17)10(16)7-9/h5-7H,1-4H3,(H,19,20,21). The molecular weight excluding hydrogens is 373 g/mol. The van der Waals surface area contributed by atoms with Crippen LogP contribution in [-0.4, -0.2) is 9.97 Å². The van der Waals surface area contributed by atoms with E-state index in [0.29, 0.717) is 21.8 Å². The van der Waals surface area contributed by atoms with Crippen molar-refractivity contribution in [1.29, 1.82) is 0 Å². The van der Waals surface area contributed by atoms with Crippen LogP contribution in [0.25, 0.3) is 0 Å².